The van der Waals surface area contributed by atoms with Gasteiger partial charge in [0.05, 0.1) is 18.6 Å². The average molecular weight is 594 g/mol. The molecule has 8 nitrogen and oxygen atoms in total. The predicted molar refractivity (Wildman–Crippen MR) is 166 cm³/mol. The van der Waals surface area contributed by atoms with Crippen LogP contribution in [-0.2, 0) is 14.3 Å². The van der Waals surface area contributed by atoms with E-state index in [0.717, 1.165) is 24.0 Å². The van der Waals surface area contributed by atoms with Crippen LogP contribution in [0.3, 0.4) is 0 Å². The molecule has 2 saturated heterocycles. The molecule has 3 aliphatic rings. The fourth-order valence-electron chi connectivity index (χ4n) is 6.91. The van der Waals surface area contributed by atoms with Gasteiger partial charge in [-0.15, -0.1) is 0 Å². The van der Waals surface area contributed by atoms with E-state index in [1.54, 1.807) is 16.7 Å². The minimum Gasteiger partial charge on any atom is -0.450 e. The Labute approximate surface area is 258 Å². The molecule has 4 atom stereocenters. The first-order valence-corrected chi connectivity index (χ1v) is 15.7. The van der Waals surface area contributed by atoms with Gasteiger partial charge in [0, 0.05) is 36.5 Å². The maximum Gasteiger partial charge on any atom is 0.409 e. The van der Waals surface area contributed by atoms with Crippen LogP contribution >= 0.6 is 0 Å². The number of carbonyl (C=O) groups is 4. The highest BCUT2D eigenvalue weighted by molar-refractivity contribution is 6.02. The fraction of sp³-hybridized carbons (Fsp3) is 0.389. The van der Waals surface area contributed by atoms with Crippen LogP contribution in [0, 0.1) is 11.8 Å². The number of benzene rings is 3. The van der Waals surface area contributed by atoms with Gasteiger partial charge in [-0.05, 0) is 43.7 Å². The fourth-order valence-corrected chi connectivity index (χ4v) is 6.91. The summed E-state index contributed by atoms with van der Waals surface area (Å²) in [6.45, 7) is 3.04. The molecule has 1 saturated carbocycles. The molecule has 6 rings (SSSR count). The molecule has 4 unspecified atom stereocenters. The molecule has 44 heavy (non-hydrogen) atoms. The number of likely N-dealkylation sites (tertiary alicyclic amines) is 2. The summed E-state index contributed by atoms with van der Waals surface area (Å²) in [5, 5.41) is 3.24. The highest BCUT2D eigenvalue weighted by atomic mass is 16.6. The first-order chi connectivity index (χ1) is 21.5. The van der Waals surface area contributed by atoms with Crippen molar-refractivity contribution < 1.29 is 23.9 Å². The van der Waals surface area contributed by atoms with Gasteiger partial charge in [0.15, 0.2) is 5.78 Å². The highest BCUT2D eigenvalue weighted by Gasteiger charge is 2.58. The molecule has 2 heterocycles. The second-order valence-electron chi connectivity index (χ2n) is 12.0. The number of ether oxygens (including phenoxy) is 1. The van der Waals surface area contributed by atoms with Crippen molar-refractivity contribution in [2.75, 3.05) is 19.7 Å². The summed E-state index contributed by atoms with van der Waals surface area (Å²) in [6, 6.07) is 26.9. The number of amides is 3. The van der Waals surface area contributed by atoms with Crippen molar-refractivity contribution in [3.05, 3.63) is 108 Å². The van der Waals surface area contributed by atoms with Crippen LogP contribution in [-0.4, -0.2) is 65.3 Å². The van der Waals surface area contributed by atoms with E-state index in [2.05, 4.69) is 5.32 Å². The normalized spacial score (nSPS) is 23.7. The Morgan fingerprint density at radius 1 is 0.773 bits per heavy atom. The Morgan fingerprint density at radius 2 is 1.34 bits per heavy atom. The molecule has 3 amide bonds. The molecule has 1 aliphatic carbocycles. The Kier molecular flexibility index (Phi) is 8.77. The lowest BCUT2D eigenvalue weighted by atomic mass is 9.76. The van der Waals surface area contributed by atoms with Gasteiger partial charge in [-0.1, -0.05) is 91.0 Å². The molecule has 0 radical (unpaired) electrons. The summed E-state index contributed by atoms with van der Waals surface area (Å²) in [6.07, 6.45) is 2.39. The van der Waals surface area contributed by atoms with E-state index < -0.39 is 23.9 Å². The van der Waals surface area contributed by atoms with Crippen molar-refractivity contribution in [3.8, 4) is 0 Å². The summed E-state index contributed by atoms with van der Waals surface area (Å²) in [5.74, 6) is -1.79. The molecule has 2 aliphatic heterocycles. The largest absolute Gasteiger partial charge is 0.450 e. The predicted octanol–water partition coefficient (Wildman–Crippen LogP) is 5.37. The van der Waals surface area contributed by atoms with Gasteiger partial charge in [0.25, 0.3) is 0 Å². The van der Waals surface area contributed by atoms with Crippen LogP contribution in [0.25, 0.3) is 0 Å². The Morgan fingerprint density at radius 3 is 1.91 bits per heavy atom. The first kappa shape index (κ1) is 29.6. The van der Waals surface area contributed by atoms with Gasteiger partial charge in [-0.2, -0.15) is 0 Å². The van der Waals surface area contributed by atoms with Crippen LogP contribution in [0.15, 0.2) is 91.0 Å². The minimum absolute atomic E-state index is 0.0690. The van der Waals surface area contributed by atoms with Gasteiger partial charge in [-0.3, -0.25) is 14.4 Å². The van der Waals surface area contributed by atoms with Crippen molar-refractivity contribution in [2.24, 2.45) is 11.8 Å². The number of ketones is 1. The molecular weight excluding hydrogens is 554 g/mol. The van der Waals surface area contributed by atoms with E-state index in [0.29, 0.717) is 38.1 Å². The third-order valence-corrected chi connectivity index (χ3v) is 9.17. The summed E-state index contributed by atoms with van der Waals surface area (Å²) >= 11 is 0. The number of hydrogen-bond acceptors (Lipinski definition) is 5. The molecular formula is C36H39N3O5. The smallest absolute Gasteiger partial charge is 0.409 e. The molecule has 8 heteroatoms. The lowest BCUT2D eigenvalue weighted by Gasteiger charge is -2.35. The van der Waals surface area contributed by atoms with Crippen molar-refractivity contribution in [2.45, 2.75) is 56.7 Å². The van der Waals surface area contributed by atoms with Crippen LogP contribution < -0.4 is 5.32 Å². The second-order valence-corrected chi connectivity index (χ2v) is 12.0. The molecule has 3 aromatic rings. The van der Waals surface area contributed by atoms with E-state index in [9.17, 15) is 19.2 Å². The average Bonchev–Trinajstić information content (AvgIpc) is 3.86. The molecule has 3 aromatic carbocycles. The topological polar surface area (TPSA) is 96.0 Å². The Hall–Kier alpha value is -4.46. The quantitative estimate of drug-likeness (QED) is 0.355. The van der Waals surface area contributed by atoms with E-state index in [1.165, 1.54) is 0 Å². The zero-order valence-electron chi connectivity index (χ0n) is 25.0. The van der Waals surface area contributed by atoms with Gasteiger partial charge in [-0.25, -0.2) is 4.79 Å². The number of rotatable bonds is 8. The van der Waals surface area contributed by atoms with E-state index in [1.807, 2.05) is 91.0 Å². The summed E-state index contributed by atoms with van der Waals surface area (Å²) < 4.78 is 5.16. The number of piperidine rings is 1. The van der Waals surface area contributed by atoms with Crippen LogP contribution in [0.5, 0.6) is 0 Å². The minimum atomic E-state index is -0.878. The van der Waals surface area contributed by atoms with E-state index in [4.69, 9.17) is 4.74 Å². The molecule has 0 bridgehead atoms. The summed E-state index contributed by atoms with van der Waals surface area (Å²) in [7, 11) is 0. The van der Waals surface area contributed by atoms with Crippen LogP contribution in [0.1, 0.15) is 66.1 Å². The zero-order chi connectivity index (χ0) is 30.6. The number of nitrogens with zero attached hydrogens (tertiary/aromatic N) is 2. The number of hydrogen-bond donors (Lipinski definition) is 1. The standard InChI is InChI=1S/C36H39N3O5/c1-2-44-36(43)38-22-20-28(21-23-38)37-34(41)32-29(24-12-6-3-7-13-24)30(33(40)26-16-10-5-11-17-26)31(25-14-8-4-9-15-25)39(32)35(42)27-18-19-27/h3-17,27-32H,2,18-23H2,1H3,(H,37,41). The SMILES string of the molecule is CCOC(=O)N1CCC(NC(=O)C2C(c3ccccc3)C(C(=O)c3ccccc3)C(c3ccccc3)N2C(=O)C2CC2)CC1. The van der Waals surface area contributed by atoms with Crippen LogP contribution in [0.4, 0.5) is 4.79 Å². The molecule has 0 spiro atoms. The number of Topliss-reactive ketones (excluding diaryl/α,β-unsaturated/α-hetero) is 1. The monoisotopic (exact) mass is 593 g/mol. The highest BCUT2D eigenvalue weighted by Crippen LogP contribution is 2.53. The van der Waals surface area contributed by atoms with E-state index in [-0.39, 0.29) is 35.7 Å². The van der Waals surface area contributed by atoms with Gasteiger partial charge >= 0.3 is 6.09 Å². The van der Waals surface area contributed by atoms with Crippen molar-refractivity contribution in [1.82, 2.24) is 15.1 Å². The molecule has 1 N–H and O–H groups in total. The van der Waals surface area contributed by atoms with Gasteiger partial charge in [0.2, 0.25) is 11.8 Å². The lowest BCUT2D eigenvalue weighted by Crippen LogP contribution is -2.53. The number of carbonyl (C=O) groups excluding carboxylic acids is 4. The number of nitrogens with one attached hydrogen (secondary N) is 1. The maximum absolute atomic E-state index is 14.6. The molecule has 0 aromatic heterocycles. The zero-order valence-corrected chi connectivity index (χ0v) is 25.0. The van der Waals surface area contributed by atoms with Crippen molar-refractivity contribution in [3.63, 3.8) is 0 Å². The van der Waals surface area contributed by atoms with Crippen LogP contribution in [0.2, 0.25) is 0 Å². The third kappa shape index (κ3) is 5.98. The van der Waals surface area contributed by atoms with Crippen molar-refractivity contribution >= 4 is 23.7 Å². The van der Waals surface area contributed by atoms with E-state index >= 15 is 0 Å². The summed E-state index contributed by atoms with van der Waals surface area (Å²) in [4.78, 5) is 59.0. The van der Waals surface area contributed by atoms with Gasteiger partial charge in [0.1, 0.15) is 6.04 Å². The lowest BCUT2D eigenvalue weighted by molar-refractivity contribution is -0.142. The molecule has 228 valence electrons. The maximum atomic E-state index is 14.6. The van der Waals surface area contributed by atoms with Gasteiger partial charge < -0.3 is 19.9 Å². The second kappa shape index (κ2) is 13.0. The first-order valence-electron chi connectivity index (χ1n) is 15.7. The Bertz CT molecular complexity index is 1470. The molecule has 3 fully saturated rings. The van der Waals surface area contributed by atoms with Crippen molar-refractivity contribution in [1.29, 1.82) is 0 Å². The Balaban J connectivity index is 1.41. The third-order valence-electron chi connectivity index (χ3n) is 9.17. The summed E-state index contributed by atoms with van der Waals surface area (Å²) in [5.41, 5.74) is 2.26.